The van der Waals surface area contributed by atoms with Crippen molar-refractivity contribution in [3.8, 4) is 0 Å². The minimum absolute atomic E-state index is 0.0408. The van der Waals surface area contributed by atoms with Gasteiger partial charge in [-0.25, -0.2) is 4.79 Å². The number of hydrogen-bond donors (Lipinski definition) is 2. The number of hydrogen-bond acceptors (Lipinski definition) is 6. The predicted octanol–water partition coefficient (Wildman–Crippen LogP) is 3.03. The molecule has 5 rings (SSSR count). The summed E-state index contributed by atoms with van der Waals surface area (Å²) in [5.74, 6) is -0.812. The average Bonchev–Trinajstić information content (AvgIpc) is 3.28. The fourth-order valence-corrected chi connectivity index (χ4v) is 5.77. The largest absolute Gasteiger partial charge is 0.490 e. The van der Waals surface area contributed by atoms with Crippen molar-refractivity contribution >= 4 is 17.8 Å². The van der Waals surface area contributed by atoms with Crippen molar-refractivity contribution in [1.29, 1.82) is 0 Å². The van der Waals surface area contributed by atoms with Crippen LogP contribution in [0.4, 0.5) is 13.2 Å². The van der Waals surface area contributed by atoms with Gasteiger partial charge in [0.05, 0.1) is 5.92 Å². The molecule has 3 saturated heterocycles. The van der Waals surface area contributed by atoms with Gasteiger partial charge in [0.25, 0.3) is 5.91 Å². The van der Waals surface area contributed by atoms with Gasteiger partial charge in [-0.1, -0.05) is 18.5 Å². The molecule has 0 aromatic carbocycles. The van der Waals surface area contributed by atoms with Crippen LogP contribution < -0.4 is 5.32 Å². The molecule has 1 saturated carbocycles. The second-order valence-corrected chi connectivity index (χ2v) is 10.4. The minimum atomic E-state index is -5.08. The number of fused-ring (bicyclic) bond motifs is 2. The van der Waals surface area contributed by atoms with E-state index in [9.17, 15) is 22.8 Å². The summed E-state index contributed by atoms with van der Waals surface area (Å²) >= 11 is 0. The van der Waals surface area contributed by atoms with Crippen molar-refractivity contribution in [1.82, 2.24) is 20.3 Å². The van der Waals surface area contributed by atoms with E-state index in [0.717, 1.165) is 44.5 Å². The van der Waals surface area contributed by atoms with Crippen LogP contribution in [0.15, 0.2) is 10.6 Å². The molecule has 36 heavy (non-hydrogen) atoms. The highest BCUT2D eigenvalue weighted by Gasteiger charge is 2.57. The third kappa shape index (κ3) is 5.37. The highest BCUT2D eigenvalue weighted by Crippen LogP contribution is 2.45. The number of carbonyl (C=O) groups is 3. The van der Waals surface area contributed by atoms with E-state index < -0.39 is 12.1 Å². The summed E-state index contributed by atoms with van der Waals surface area (Å²) in [6, 6.07) is 2.35. The lowest BCUT2D eigenvalue weighted by Crippen LogP contribution is -2.56. The Morgan fingerprint density at radius 2 is 1.92 bits per heavy atom. The molecule has 2 N–H and O–H groups in total. The lowest BCUT2D eigenvalue weighted by Gasteiger charge is -2.42. The number of likely N-dealkylation sites (tertiary alicyclic amines) is 2. The number of nitrogens with one attached hydrogen (secondary N) is 1. The SMILES string of the molecule is CCCC(C)N1C[C@H]2C(=O)NC3(CCN(C(=O)c4cc(C5CC5)on4)CC3)[C@H]2C1.O=C(O)C(F)(F)F. The smallest absolute Gasteiger partial charge is 0.475 e. The molecular formula is C24H33F3N4O5. The van der Waals surface area contributed by atoms with Gasteiger partial charge in [-0.2, -0.15) is 13.2 Å². The Morgan fingerprint density at radius 1 is 1.28 bits per heavy atom. The van der Waals surface area contributed by atoms with Crippen molar-refractivity contribution in [2.75, 3.05) is 26.2 Å². The lowest BCUT2D eigenvalue weighted by atomic mass is 9.75. The molecule has 2 amide bonds. The van der Waals surface area contributed by atoms with E-state index in [4.69, 9.17) is 14.4 Å². The second-order valence-electron chi connectivity index (χ2n) is 10.4. The van der Waals surface area contributed by atoms with Crippen LogP contribution in [0.25, 0.3) is 0 Å². The van der Waals surface area contributed by atoms with Gasteiger partial charge in [0.2, 0.25) is 5.91 Å². The number of carbonyl (C=O) groups excluding carboxylic acids is 2. The molecule has 3 atom stereocenters. The molecule has 0 radical (unpaired) electrons. The maximum absolute atomic E-state index is 12.9. The van der Waals surface area contributed by atoms with Crippen LogP contribution in [0.1, 0.15) is 74.5 Å². The summed E-state index contributed by atoms with van der Waals surface area (Å²) in [4.78, 5) is 38.9. The van der Waals surface area contributed by atoms with Gasteiger partial charge in [-0.15, -0.1) is 0 Å². The number of alkyl halides is 3. The zero-order valence-corrected chi connectivity index (χ0v) is 20.5. The molecule has 9 nitrogen and oxygen atoms in total. The molecule has 4 fully saturated rings. The molecule has 1 spiro atoms. The molecule has 4 aliphatic rings. The molecule has 0 bridgehead atoms. The van der Waals surface area contributed by atoms with E-state index >= 15 is 0 Å². The third-order valence-electron chi connectivity index (χ3n) is 8.01. The zero-order valence-electron chi connectivity index (χ0n) is 20.5. The molecule has 12 heteroatoms. The van der Waals surface area contributed by atoms with Crippen LogP contribution in [0, 0.1) is 11.8 Å². The summed E-state index contributed by atoms with van der Waals surface area (Å²) in [7, 11) is 0. The number of carboxylic acids is 1. The Morgan fingerprint density at radius 3 is 2.47 bits per heavy atom. The highest BCUT2D eigenvalue weighted by atomic mass is 19.4. The fourth-order valence-electron chi connectivity index (χ4n) is 5.77. The first kappa shape index (κ1) is 26.4. The second kappa shape index (κ2) is 10.0. The van der Waals surface area contributed by atoms with Crippen LogP contribution >= 0.6 is 0 Å². The molecule has 4 heterocycles. The van der Waals surface area contributed by atoms with Crippen molar-refractivity contribution in [2.45, 2.75) is 76.0 Å². The Labute approximate surface area is 207 Å². The number of carboxylic acid groups (broad SMARTS) is 1. The van der Waals surface area contributed by atoms with E-state index in [1.165, 1.54) is 12.8 Å². The fraction of sp³-hybridized carbons (Fsp3) is 0.750. The van der Waals surface area contributed by atoms with Gasteiger partial charge >= 0.3 is 12.1 Å². The molecule has 3 aliphatic heterocycles. The summed E-state index contributed by atoms with van der Waals surface area (Å²) in [6.07, 6.45) is 1.18. The Hall–Kier alpha value is -2.63. The molecule has 1 aromatic heterocycles. The first-order valence-corrected chi connectivity index (χ1v) is 12.6. The number of halogens is 3. The average molecular weight is 515 g/mol. The van der Waals surface area contributed by atoms with Crippen LogP contribution in [-0.4, -0.2) is 81.8 Å². The molecule has 1 unspecified atom stereocenters. The summed E-state index contributed by atoms with van der Waals surface area (Å²) < 4.78 is 37.1. The number of aromatic nitrogens is 1. The summed E-state index contributed by atoms with van der Waals surface area (Å²) in [5, 5.41) is 14.5. The van der Waals surface area contributed by atoms with Gasteiger partial charge in [0, 0.05) is 55.7 Å². The van der Waals surface area contributed by atoms with Crippen molar-refractivity contribution in [2.24, 2.45) is 11.8 Å². The standard InChI is InChI=1S/C22H32N4O3.C2HF3O2/c1-3-4-14(2)26-12-16-17(13-26)22(23-20(16)27)7-9-25(10-8-22)21(28)18-11-19(29-24-18)15-5-6-15;3-2(4,5)1(6)7/h11,14-17H,3-10,12-13H2,1-2H3,(H,23,27);(H,6,7)/t14?,16-,17+;/m1./s1. The van der Waals surface area contributed by atoms with Gasteiger partial charge in [-0.3, -0.25) is 14.5 Å². The molecule has 1 aromatic rings. The highest BCUT2D eigenvalue weighted by molar-refractivity contribution is 5.92. The Balaban J connectivity index is 0.000000384. The van der Waals surface area contributed by atoms with E-state index in [0.29, 0.717) is 36.7 Å². The van der Waals surface area contributed by atoms with Crippen LogP contribution in [0.2, 0.25) is 0 Å². The van der Waals surface area contributed by atoms with Crippen LogP contribution in [0.5, 0.6) is 0 Å². The monoisotopic (exact) mass is 514 g/mol. The summed E-state index contributed by atoms with van der Waals surface area (Å²) in [6.45, 7) is 7.70. The maximum atomic E-state index is 12.9. The molecular weight excluding hydrogens is 481 g/mol. The Bertz CT molecular complexity index is 985. The number of nitrogens with zero attached hydrogens (tertiary/aromatic N) is 3. The zero-order chi connectivity index (χ0) is 26.3. The lowest BCUT2D eigenvalue weighted by molar-refractivity contribution is -0.192. The predicted molar refractivity (Wildman–Crippen MR) is 121 cm³/mol. The van der Waals surface area contributed by atoms with Crippen molar-refractivity contribution in [3.05, 3.63) is 17.5 Å². The van der Waals surface area contributed by atoms with Gasteiger partial charge < -0.3 is 19.8 Å². The van der Waals surface area contributed by atoms with E-state index in [-0.39, 0.29) is 23.3 Å². The normalized spacial score (nSPS) is 26.2. The number of rotatable bonds is 5. The van der Waals surface area contributed by atoms with Crippen LogP contribution in [0.3, 0.4) is 0 Å². The van der Waals surface area contributed by atoms with Crippen molar-refractivity contribution < 1.29 is 37.2 Å². The van der Waals surface area contributed by atoms with E-state index in [1.807, 2.05) is 11.0 Å². The topological polar surface area (TPSA) is 116 Å². The summed E-state index contributed by atoms with van der Waals surface area (Å²) in [5.41, 5.74) is 0.277. The quantitative estimate of drug-likeness (QED) is 0.621. The van der Waals surface area contributed by atoms with Gasteiger partial charge in [-0.05, 0) is 39.0 Å². The molecule has 200 valence electrons. The van der Waals surface area contributed by atoms with E-state index in [2.05, 4.69) is 29.2 Å². The minimum Gasteiger partial charge on any atom is -0.475 e. The number of piperidine rings is 1. The number of amides is 2. The first-order valence-electron chi connectivity index (χ1n) is 12.6. The first-order chi connectivity index (χ1) is 16.9. The van der Waals surface area contributed by atoms with E-state index in [1.54, 1.807) is 0 Å². The maximum Gasteiger partial charge on any atom is 0.490 e. The molecule has 1 aliphatic carbocycles. The van der Waals surface area contributed by atoms with Crippen molar-refractivity contribution in [3.63, 3.8) is 0 Å². The third-order valence-corrected chi connectivity index (χ3v) is 8.01. The van der Waals surface area contributed by atoms with Crippen LogP contribution in [-0.2, 0) is 9.59 Å². The van der Waals surface area contributed by atoms with Gasteiger partial charge in [0.1, 0.15) is 5.76 Å². The Kier molecular flexibility index (Phi) is 7.36. The van der Waals surface area contributed by atoms with Gasteiger partial charge in [0.15, 0.2) is 5.69 Å². The number of aliphatic carboxylic acids is 1.